The normalized spacial score (nSPS) is 10.5. The number of benzene rings is 1. The Morgan fingerprint density at radius 3 is 1.71 bits per heavy atom. The van der Waals surface area contributed by atoms with Crippen LogP contribution in [0.4, 0.5) is 0 Å². The molecular weight excluding hydrogens is 356 g/mol. The van der Waals surface area contributed by atoms with E-state index >= 15 is 0 Å². The molecule has 1 rings (SSSR count). The highest BCUT2D eigenvalue weighted by atomic mass is 16.6. The molecule has 1 aromatic rings. The number of ether oxygens (including phenoxy) is 3. The zero-order valence-corrected chi connectivity index (χ0v) is 17.8. The van der Waals surface area contributed by atoms with Gasteiger partial charge in [0.15, 0.2) is 11.5 Å². The van der Waals surface area contributed by atoms with Gasteiger partial charge in [-0.1, -0.05) is 65.2 Å². The van der Waals surface area contributed by atoms with Gasteiger partial charge in [0, 0.05) is 18.9 Å². The van der Waals surface area contributed by atoms with Crippen LogP contribution in [-0.2, 0) is 9.59 Å². The van der Waals surface area contributed by atoms with E-state index in [-0.39, 0.29) is 23.4 Å². The molecule has 28 heavy (non-hydrogen) atoms. The number of carbonyl (C=O) groups excluding carboxylic acids is 2. The third-order valence-corrected chi connectivity index (χ3v) is 4.57. The summed E-state index contributed by atoms with van der Waals surface area (Å²) in [7, 11) is 1.54. The third-order valence-electron chi connectivity index (χ3n) is 4.57. The molecule has 0 spiro atoms. The SMILES string of the molecule is CCCCCCCC(=O)Oc1ccc(OC)cc1OC(=O)CCCCCCC. The molecule has 5 nitrogen and oxygen atoms in total. The van der Waals surface area contributed by atoms with Crippen LogP contribution in [0.1, 0.15) is 90.9 Å². The molecule has 0 N–H and O–H groups in total. The molecule has 0 saturated heterocycles. The molecule has 5 heteroatoms. The topological polar surface area (TPSA) is 61.8 Å². The number of hydrogen-bond acceptors (Lipinski definition) is 5. The summed E-state index contributed by atoms with van der Waals surface area (Å²) in [6.07, 6.45) is 11.3. The Morgan fingerprint density at radius 1 is 0.714 bits per heavy atom. The number of unbranched alkanes of at least 4 members (excludes halogenated alkanes) is 8. The van der Waals surface area contributed by atoms with Crippen LogP contribution in [-0.4, -0.2) is 19.0 Å². The largest absolute Gasteiger partial charge is 0.497 e. The van der Waals surface area contributed by atoms with Crippen LogP contribution in [0, 0.1) is 0 Å². The molecule has 0 amide bonds. The number of rotatable bonds is 15. The van der Waals surface area contributed by atoms with Crippen LogP contribution in [0.15, 0.2) is 18.2 Å². The predicted octanol–water partition coefficient (Wildman–Crippen LogP) is 6.23. The van der Waals surface area contributed by atoms with E-state index in [1.54, 1.807) is 18.2 Å². The molecule has 0 heterocycles. The minimum Gasteiger partial charge on any atom is -0.497 e. The summed E-state index contributed by atoms with van der Waals surface area (Å²) in [5, 5.41) is 0. The highest BCUT2D eigenvalue weighted by Gasteiger charge is 2.15. The highest BCUT2D eigenvalue weighted by Crippen LogP contribution is 2.32. The fraction of sp³-hybridized carbons (Fsp3) is 0.652. The van der Waals surface area contributed by atoms with Gasteiger partial charge in [-0.05, 0) is 25.0 Å². The Balaban J connectivity index is 2.56. The van der Waals surface area contributed by atoms with E-state index in [1.807, 2.05) is 0 Å². The van der Waals surface area contributed by atoms with Gasteiger partial charge in [0.1, 0.15) is 5.75 Å². The van der Waals surface area contributed by atoms with E-state index < -0.39 is 0 Å². The first-order chi connectivity index (χ1) is 13.6. The van der Waals surface area contributed by atoms with Gasteiger partial charge >= 0.3 is 11.9 Å². The summed E-state index contributed by atoms with van der Waals surface area (Å²) in [4.78, 5) is 24.3. The first-order valence-corrected chi connectivity index (χ1v) is 10.7. The average Bonchev–Trinajstić information content (AvgIpc) is 2.69. The Kier molecular flexibility index (Phi) is 12.8. The van der Waals surface area contributed by atoms with Crippen molar-refractivity contribution in [1.29, 1.82) is 0 Å². The Hall–Kier alpha value is -2.04. The van der Waals surface area contributed by atoms with Crippen LogP contribution >= 0.6 is 0 Å². The van der Waals surface area contributed by atoms with Gasteiger partial charge in [-0.15, -0.1) is 0 Å². The maximum Gasteiger partial charge on any atom is 0.311 e. The van der Waals surface area contributed by atoms with Crippen LogP contribution in [0.3, 0.4) is 0 Å². The maximum absolute atomic E-state index is 12.2. The lowest BCUT2D eigenvalue weighted by Crippen LogP contribution is -2.12. The lowest BCUT2D eigenvalue weighted by atomic mass is 10.1. The van der Waals surface area contributed by atoms with Gasteiger partial charge in [-0.2, -0.15) is 0 Å². The van der Waals surface area contributed by atoms with E-state index in [0.29, 0.717) is 18.6 Å². The average molecular weight is 393 g/mol. The van der Waals surface area contributed by atoms with Crippen LogP contribution < -0.4 is 14.2 Å². The predicted molar refractivity (Wildman–Crippen MR) is 111 cm³/mol. The van der Waals surface area contributed by atoms with Crippen molar-refractivity contribution in [1.82, 2.24) is 0 Å². The first-order valence-electron chi connectivity index (χ1n) is 10.7. The van der Waals surface area contributed by atoms with Crippen molar-refractivity contribution >= 4 is 11.9 Å². The molecule has 0 bridgehead atoms. The van der Waals surface area contributed by atoms with Crippen molar-refractivity contribution < 1.29 is 23.8 Å². The molecule has 0 fully saturated rings. The molecule has 0 aliphatic carbocycles. The van der Waals surface area contributed by atoms with Crippen molar-refractivity contribution in [2.45, 2.75) is 90.9 Å². The summed E-state index contributed by atoms with van der Waals surface area (Å²) in [6.45, 7) is 4.32. The highest BCUT2D eigenvalue weighted by molar-refractivity contribution is 5.76. The second-order valence-corrected chi connectivity index (χ2v) is 7.09. The van der Waals surface area contributed by atoms with Gasteiger partial charge in [0.2, 0.25) is 0 Å². The van der Waals surface area contributed by atoms with E-state index in [4.69, 9.17) is 14.2 Å². The summed E-state index contributed by atoms with van der Waals surface area (Å²) >= 11 is 0. The first kappa shape index (κ1) is 24.0. The number of methoxy groups -OCH3 is 1. The molecule has 0 unspecified atom stereocenters. The Morgan fingerprint density at radius 2 is 1.21 bits per heavy atom. The smallest absolute Gasteiger partial charge is 0.311 e. The maximum atomic E-state index is 12.2. The van der Waals surface area contributed by atoms with Gasteiger partial charge in [-0.25, -0.2) is 0 Å². The monoisotopic (exact) mass is 392 g/mol. The van der Waals surface area contributed by atoms with Crippen molar-refractivity contribution in [2.24, 2.45) is 0 Å². The molecule has 1 aromatic carbocycles. The number of hydrogen-bond donors (Lipinski definition) is 0. The van der Waals surface area contributed by atoms with Gasteiger partial charge in [-0.3, -0.25) is 9.59 Å². The Labute approximate surface area is 169 Å². The molecule has 0 saturated carbocycles. The summed E-state index contributed by atoms with van der Waals surface area (Å²) in [5.74, 6) is 0.418. The summed E-state index contributed by atoms with van der Waals surface area (Å²) < 4.78 is 16.1. The number of esters is 2. The molecule has 0 atom stereocenters. The van der Waals surface area contributed by atoms with E-state index in [9.17, 15) is 9.59 Å². The van der Waals surface area contributed by atoms with Gasteiger partial charge < -0.3 is 14.2 Å². The van der Waals surface area contributed by atoms with Crippen molar-refractivity contribution in [3.05, 3.63) is 18.2 Å². The molecular formula is C23H36O5. The van der Waals surface area contributed by atoms with Gasteiger partial charge in [0.05, 0.1) is 7.11 Å². The lowest BCUT2D eigenvalue weighted by molar-refractivity contribution is -0.137. The fourth-order valence-electron chi connectivity index (χ4n) is 2.87. The quantitative estimate of drug-likeness (QED) is 0.201. The fourth-order valence-corrected chi connectivity index (χ4v) is 2.87. The zero-order chi connectivity index (χ0) is 20.6. The van der Waals surface area contributed by atoms with Gasteiger partial charge in [0.25, 0.3) is 0 Å². The minimum absolute atomic E-state index is 0.234. The van der Waals surface area contributed by atoms with Crippen molar-refractivity contribution in [3.63, 3.8) is 0 Å². The lowest BCUT2D eigenvalue weighted by Gasteiger charge is -2.12. The molecule has 0 aliphatic heterocycles. The molecule has 0 aromatic heterocycles. The summed E-state index contributed by atoms with van der Waals surface area (Å²) in [6, 6.07) is 4.88. The second kappa shape index (κ2) is 14.9. The van der Waals surface area contributed by atoms with Crippen LogP contribution in [0.25, 0.3) is 0 Å². The summed E-state index contributed by atoms with van der Waals surface area (Å²) in [5.41, 5.74) is 0. The standard InChI is InChI=1S/C23H36O5/c1-4-6-8-10-12-14-22(24)27-20-17-16-19(26-3)18-21(20)28-23(25)15-13-11-9-7-5-2/h16-18H,4-15H2,1-3H3. The third kappa shape index (κ3) is 10.3. The van der Waals surface area contributed by atoms with Crippen LogP contribution in [0.2, 0.25) is 0 Å². The van der Waals surface area contributed by atoms with Crippen molar-refractivity contribution in [2.75, 3.05) is 7.11 Å². The van der Waals surface area contributed by atoms with E-state index in [0.717, 1.165) is 38.5 Å². The van der Waals surface area contributed by atoms with E-state index in [1.165, 1.54) is 32.8 Å². The van der Waals surface area contributed by atoms with E-state index in [2.05, 4.69) is 13.8 Å². The van der Waals surface area contributed by atoms with Crippen LogP contribution in [0.5, 0.6) is 17.2 Å². The molecule has 0 aliphatic rings. The molecule has 158 valence electrons. The molecule has 0 radical (unpaired) electrons. The Bertz CT molecular complexity index is 582. The number of carbonyl (C=O) groups is 2. The zero-order valence-electron chi connectivity index (χ0n) is 17.8. The second-order valence-electron chi connectivity index (χ2n) is 7.09. The minimum atomic E-state index is -0.318. The van der Waals surface area contributed by atoms with Crippen molar-refractivity contribution in [3.8, 4) is 17.2 Å².